The second-order valence-electron chi connectivity index (χ2n) is 3.97. The van der Waals surface area contributed by atoms with Gasteiger partial charge in [-0.05, 0) is 28.1 Å². The fourth-order valence-corrected chi connectivity index (χ4v) is 2.45. The number of pyridine rings is 1. The third-order valence-electron chi connectivity index (χ3n) is 2.80. The Morgan fingerprint density at radius 1 is 1.24 bits per heavy atom. The van der Waals surface area contributed by atoms with Crippen molar-refractivity contribution < 1.29 is 5.11 Å². The minimum Gasteiger partial charge on any atom is -0.506 e. The van der Waals surface area contributed by atoms with Crippen LogP contribution in [0.3, 0.4) is 0 Å². The first kappa shape index (κ1) is 14.9. The van der Waals surface area contributed by atoms with E-state index in [1.165, 1.54) is 12.1 Å². The number of phenolic OH excluding ortho intramolecular Hbond substituents is 1. The van der Waals surface area contributed by atoms with Crippen LogP contribution in [0.5, 0.6) is 5.75 Å². The summed E-state index contributed by atoms with van der Waals surface area (Å²) in [4.78, 5) is 14.1. The van der Waals surface area contributed by atoms with Crippen molar-refractivity contribution in [1.29, 1.82) is 10.5 Å². The van der Waals surface area contributed by atoms with Gasteiger partial charge < -0.3 is 15.8 Å². The number of nitriles is 2. The molecule has 0 unspecified atom stereocenters. The van der Waals surface area contributed by atoms with E-state index in [1.54, 1.807) is 12.1 Å². The van der Waals surface area contributed by atoms with Crippen molar-refractivity contribution in [2.75, 3.05) is 5.73 Å². The smallest absolute Gasteiger partial charge is 0.268 e. The van der Waals surface area contributed by atoms with Gasteiger partial charge in [-0.25, -0.2) is 0 Å². The highest BCUT2D eigenvalue weighted by Crippen LogP contribution is 2.43. The molecule has 1 aromatic carbocycles. The molecule has 0 spiro atoms. The fourth-order valence-electron chi connectivity index (χ4n) is 1.87. The number of rotatable bonds is 1. The van der Waals surface area contributed by atoms with E-state index < -0.39 is 5.56 Å². The van der Waals surface area contributed by atoms with Gasteiger partial charge in [-0.3, -0.25) is 4.79 Å². The lowest BCUT2D eigenvalue weighted by atomic mass is 9.96. The number of aromatic hydroxyl groups is 1. The Hall–Kier alpha value is -2.48. The largest absolute Gasteiger partial charge is 0.506 e. The van der Waals surface area contributed by atoms with Gasteiger partial charge >= 0.3 is 0 Å². The molecule has 1 aromatic heterocycles. The van der Waals surface area contributed by atoms with Crippen molar-refractivity contribution in [3.63, 3.8) is 0 Å². The first-order chi connectivity index (χ1) is 9.92. The number of hydrogen-bond acceptors (Lipinski definition) is 5. The molecule has 104 valence electrons. The molecule has 0 atom stereocenters. The Kier molecular flexibility index (Phi) is 3.90. The number of halogens is 2. The first-order valence-corrected chi connectivity index (χ1v) is 6.62. The zero-order valence-corrected chi connectivity index (χ0v) is 12.6. The number of phenols is 1. The molecule has 2 rings (SSSR count). The summed E-state index contributed by atoms with van der Waals surface area (Å²) in [7, 11) is 0. The van der Waals surface area contributed by atoms with E-state index in [2.05, 4.69) is 20.9 Å². The maximum absolute atomic E-state index is 11.8. The molecule has 8 heteroatoms. The second kappa shape index (κ2) is 5.49. The molecule has 0 fully saturated rings. The number of nitrogen functional groups attached to an aromatic ring is 1. The molecule has 0 aliphatic carbocycles. The zero-order chi connectivity index (χ0) is 15.7. The maximum Gasteiger partial charge on any atom is 0.268 e. The number of nitrogens with two attached hydrogens (primary N) is 1. The van der Waals surface area contributed by atoms with Gasteiger partial charge in [0, 0.05) is 11.1 Å². The average molecular weight is 366 g/mol. The number of benzene rings is 1. The molecular formula is C13H6BrClN4O2. The highest BCUT2D eigenvalue weighted by atomic mass is 79.9. The Morgan fingerprint density at radius 3 is 2.43 bits per heavy atom. The van der Waals surface area contributed by atoms with E-state index in [-0.39, 0.29) is 38.8 Å². The second-order valence-corrected chi connectivity index (χ2v) is 5.23. The third-order valence-corrected chi connectivity index (χ3v) is 3.75. The normalized spacial score (nSPS) is 9.90. The van der Waals surface area contributed by atoms with Crippen LogP contribution in [0.25, 0.3) is 11.1 Å². The van der Waals surface area contributed by atoms with E-state index in [0.29, 0.717) is 4.47 Å². The maximum atomic E-state index is 11.8. The Bertz CT molecular complexity index is 893. The predicted molar refractivity (Wildman–Crippen MR) is 80.7 cm³/mol. The Morgan fingerprint density at radius 2 is 1.86 bits per heavy atom. The van der Waals surface area contributed by atoms with E-state index in [0.717, 1.165) is 0 Å². The molecule has 4 N–H and O–H groups in total. The van der Waals surface area contributed by atoms with E-state index >= 15 is 0 Å². The van der Waals surface area contributed by atoms with E-state index in [9.17, 15) is 15.2 Å². The minimum absolute atomic E-state index is 0.00283. The summed E-state index contributed by atoms with van der Waals surface area (Å²) >= 11 is 9.16. The number of hydrogen-bond donors (Lipinski definition) is 3. The number of nitrogens with zero attached hydrogens (tertiary/aromatic N) is 2. The monoisotopic (exact) mass is 364 g/mol. The standard InChI is InChI=1S/C13H6BrClN4O2/c14-7-1-2-8(15)10(11(7)20)9-5(3-16)12(18)19-13(21)6(9)4-17/h1-2,20H,(H3,18,19,21). The van der Waals surface area contributed by atoms with Crippen LogP contribution >= 0.6 is 27.5 Å². The summed E-state index contributed by atoms with van der Waals surface area (Å²) < 4.78 is 0.300. The van der Waals surface area contributed by atoms with Crippen LogP contribution in [-0.4, -0.2) is 10.1 Å². The third kappa shape index (κ3) is 2.33. The summed E-state index contributed by atoms with van der Waals surface area (Å²) in [6.45, 7) is 0. The van der Waals surface area contributed by atoms with Gasteiger partial charge in [0.05, 0.1) is 9.50 Å². The topological polar surface area (TPSA) is 127 Å². The molecule has 0 bridgehead atoms. The van der Waals surface area contributed by atoms with E-state index in [4.69, 9.17) is 22.6 Å². The van der Waals surface area contributed by atoms with Gasteiger partial charge in [-0.2, -0.15) is 10.5 Å². The highest BCUT2D eigenvalue weighted by molar-refractivity contribution is 9.10. The number of anilines is 1. The van der Waals surface area contributed by atoms with E-state index in [1.807, 2.05) is 0 Å². The zero-order valence-electron chi connectivity index (χ0n) is 10.2. The van der Waals surface area contributed by atoms with Crippen molar-refractivity contribution in [3.05, 3.63) is 43.1 Å². The molecule has 0 radical (unpaired) electrons. The molecule has 0 aliphatic heterocycles. The first-order valence-electron chi connectivity index (χ1n) is 5.45. The van der Waals surface area contributed by atoms with Crippen LogP contribution in [-0.2, 0) is 0 Å². The molecule has 21 heavy (non-hydrogen) atoms. The van der Waals surface area contributed by atoms with Crippen molar-refractivity contribution in [2.45, 2.75) is 0 Å². The minimum atomic E-state index is -0.764. The summed E-state index contributed by atoms with van der Waals surface area (Å²) in [6.07, 6.45) is 0. The molecular weight excluding hydrogens is 360 g/mol. The number of H-pyrrole nitrogens is 1. The van der Waals surface area contributed by atoms with Gasteiger partial charge in [-0.15, -0.1) is 0 Å². The molecule has 0 saturated heterocycles. The lowest BCUT2D eigenvalue weighted by Gasteiger charge is -2.12. The molecule has 1 heterocycles. The van der Waals surface area contributed by atoms with Crippen LogP contribution in [0.1, 0.15) is 11.1 Å². The Balaban J connectivity index is 3.09. The number of aromatic amines is 1. The van der Waals surface area contributed by atoms with Gasteiger partial charge in [0.1, 0.15) is 34.8 Å². The highest BCUT2D eigenvalue weighted by Gasteiger charge is 2.23. The molecule has 0 amide bonds. The van der Waals surface area contributed by atoms with Crippen molar-refractivity contribution in [2.24, 2.45) is 0 Å². The van der Waals surface area contributed by atoms with Crippen LogP contribution in [0, 0.1) is 22.7 Å². The molecule has 0 aliphatic rings. The van der Waals surface area contributed by atoms with Gasteiger partial charge in [0.2, 0.25) is 0 Å². The summed E-state index contributed by atoms with van der Waals surface area (Å²) in [5.74, 6) is -0.493. The predicted octanol–water partition coefficient (Wildman–Crippen LogP) is 2.49. The van der Waals surface area contributed by atoms with Gasteiger partial charge in [0.25, 0.3) is 5.56 Å². The lowest BCUT2D eigenvalue weighted by Crippen LogP contribution is -2.16. The molecule has 0 saturated carbocycles. The van der Waals surface area contributed by atoms with Crippen LogP contribution in [0.15, 0.2) is 21.4 Å². The lowest BCUT2D eigenvalue weighted by molar-refractivity contribution is 0.474. The van der Waals surface area contributed by atoms with Crippen molar-refractivity contribution in [1.82, 2.24) is 4.98 Å². The van der Waals surface area contributed by atoms with Crippen molar-refractivity contribution >= 4 is 33.3 Å². The van der Waals surface area contributed by atoms with Gasteiger partial charge in [0.15, 0.2) is 0 Å². The molecule has 2 aromatic rings. The number of nitrogens with one attached hydrogen (secondary N) is 1. The van der Waals surface area contributed by atoms with Crippen molar-refractivity contribution in [3.8, 4) is 29.0 Å². The summed E-state index contributed by atoms with van der Waals surface area (Å²) in [5.41, 5.74) is 4.26. The molecule has 6 nitrogen and oxygen atoms in total. The van der Waals surface area contributed by atoms with Gasteiger partial charge in [-0.1, -0.05) is 11.6 Å². The Labute approximate surface area is 132 Å². The number of aromatic nitrogens is 1. The SMILES string of the molecule is N#Cc1c(N)[nH]c(=O)c(C#N)c1-c1c(Cl)ccc(Br)c1O. The fraction of sp³-hybridized carbons (Fsp3) is 0. The average Bonchev–Trinajstić information content (AvgIpc) is 2.43. The quantitative estimate of drug-likeness (QED) is 0.715. The van der Waals surface area contributed by atoms with Crippen LogP contribution < -0.4 is 11.3 Å². The summed E-state index contributed by atoms with van der Waals surface area (Å²) in [5, 5.41) is 28.6. The van der Waals surface area contributed by atoms with Crippen LogP contribution in [0.2, 0.25) is 5.02 Å². The summed E-state index contributed by atoms with van der Waals surface area (Å²) in [6, 6.07) is 6.46. The van der Waals surface area contributed by atoms with Crippen LogP contribution in [0.4, 0.5) is 5.82 Å².